The Balaban J connectivity index is 1.28. The number of amides is 2. The van der Waals surface area contributed by atoms with Gasteiger partial charge in [-0.05, 0) is 61.4 Å². The van der Waals surface area contributed by atoms with Crippen LogP contribution in [0.3, 0.4) is 0 Å². The van der Waals surface area contributed by atoms with Crippen molar-refractivity contribution in [1.29, 1.82) is 0 Å². The van der Waals surface area contributed by atoms with Gasteiger partial charge in [-0.2, -0.15) is 0 Å². The molecule has 2 amide bonds. The minimum absolute atomic E-state index is 0.128. The number of nitrogens with zero attached hydrogens (tertiary/aromatic N) is 1. The summed E-state index contributed by atoms with van der Waals surface area (Å²) in [6.45, 7) is 5.26. The van der Waals surface area contributed by atoms with Gasteiger partial charge in [0.15, 0.2) is 0 Å². The summed E-state index contributed by atoms with van der Waals surface area (Å²) in [6.07, 6.45) is 4.79. The maximum absolute atomic E-state index is 12.3. The number of carbonyl (C=O) groups excluding carboxylic acids is 1. The smallest absolute Gasteiger partial charge is 0.319 e. The molecule has 0 spiro atoms. The number of nitrogens with one attached hydrogen (secondary N) is 2. The summed E-state index contributed by atoms with van der Waals surface area (Å²) in [5, 5.41) is 6.02. The first kappa shape index (κ1) is 17.9. The standard InChI is InChI=1S/C23H29N3O/c1-18-11-15-26(16-12-18)21-9-7-20(8-10-21)25-22(27)24-17-23(13-14-23)19-5-3-2-4-6-19/h2-10,18H,11-17H2,1H3,(H2,24,25,27). The average molecular weight is 364 g/mol. The van der Waals surface area contributed by atoms with Gasteiger partial charge in [0.25, 0.3) is 0 Å². The van der Waals surface area contributed by atoms with Crippen molar-refractivity contribution in [2.24, 2.45) is 5.92 Å². The van der Waals surface area contributed by atoms with Gasteiger partial charge in [0, 0.05) is 36.4 Å². The molecule has 2 fully saturated rings. The van der Waals surface area contributed by atoms with Gasteiger partial charge in [-0.25, -0.2) is 4.79 Å². The van der Waals surface area contributed by atoms with Crippen molar-refractivity contribution in [3.05, 3.63) is 60.2 Å². The Morgan fingerprint density at radius 3 is 2.33 bits per heavy atom. The second-order valence-electron chi connectivity index (χ2n) is 8.17. The predicted octanol–water partition coefficient (Wildman–Crippen LogP) is 4.78. The molecule has 0 bridgehead atoms. The van der Waals surface area contributed by atoms with Crippen LogP contribution in [0.2, 0.25) is 0 Å². The van der Waals surface area contributed by atoms with Crippen LogP contribution >= 0.6 is 0 Å². The molecule has 1 aliphatic heterocycles. The van der Waals surface area contributed by atoms with Gasteiger partial charge >= 0.3 is 6.03 Å². The van der Waals surface area contributed by atoms with E-state index in [0.717, 1.165) is 37.5 Å². The summed E-state index contributed by atoms with van der Waals surface area (Å²) >= 11 is 0. The zero-order valence-corrected chi connectivity index (χ0v) is 16.1. The molecule has 2 aromatic rings. The van der Waals surface area contributed by atoms with Crippen LogP contribution in [0.5, 0.6) is 0 Å². The lowest BCUT2D eigenvalue weighted by molar-refractivity contribution is 0.251. The fourth-order valence-corrected chi connectivity index (χ4v) is 3.96. The van der Waals surface area contributed by atoms with Crippen LogP contribution in [0.25, 0.3) is 0 Å². The molecule has 0 aromatic heterocycles. The predicted molar refractivity (Wildman–Crippen MR) is 111 cm³/mol. The van der Waals surface area contributed by atoms with Crippen LogP contribution < -0.4 is 15.5 Å². The highest BCUT2D eigenvalue weighted by atomic mass is 16.2. The van der Waals surface area contributed by atoms with Crippen LogP contribution in [0.4, 0.5) is 16.2 Å². The number of piperidine rings is 1. The molecule has 2 N–H and O–H groups in total. The van der Waals surface area contributed by atoms with E-state index in [9.17, 15) is 4.79 Å². The van der Waals surface area contributed by atoms with Crippen molar-refractivity contribution >= 4 is 17.4 Å². The third kappa shape index (κ3) is 4.26. The van der Waals surface area contributed by atoms with E-state index >= 15 is 0 Å². The topological polar surface area (TPSA) is 44.4 Å². The monoisotopic (exact) mass is 363 g/mol. The Bertz CT molecular complexity index is 760. The number of hydrogen-bond donors (Lipinski definition) is 2. The van der Waals surface area contributed by atoms with Gasteiger partial charge in [0.1, 0.15) is 0 Å². The zero-order chi connectivity index (χ0) is 18.7. The van der Waals surface area contributed by atoms with Gasteiger partial charge in [-0.15, -0.1) is 0 Å². The molecule has 2 aromatic carbocycles. The molecule has 1 saturated heterocycles. The maximum atomic E-state index is 12.3. The fraction of sp³-hybridized carbons (Fsp3) is 0.435. The molecule has 2 aliphatic rings. The van der Waals surface area contributed by atoms with E-state index in [1.165, 1.54) is 24.1 Å². The van der Waals surface area contributed by atoms with E-state index < -0.39 is 0 Å². The Hall–Kier alpha value is -2.49. The fourth-order valence-electron chi connectivity index (χ4n) is 3.96. The average Bonchev–Trinajstić information content (AvgIpc) is 3.50. The summed E-state index contributed by atoms with van der Waals surface area (Å²) in [5.74, 6) is 0.830. The second-order valence-corrected chi connectivity index (χ2v) is 8.17. The number of anilines is 2. The highest BCUT2D eigenvalue weighted by Crippen LogP contribution is 2.47. The molecular weight excluding hydrogens is 334 g/mol. The Kier molecular flexibility index (Phi) is 5.06. The molecule has 0 atom stereocenters. The molecule has 1 heterocycles. The van der Waals surface area contributed by atoms with Crippen LogP contribution in [-0.2, 0) is 5.41 Å². The van der Waals surface area contributed by atoms with Gasteiger partial charge in [-0.3, -0.25) is 0 Å². The molecule has 1 aliphatic carbocycles. The van der Waals surface area contributed by atoms with E-state index in [1.54, 1.807) is 0 Å². The molecule has 0 unspecified atom stereocenters. The van der Waals surface area contributed by atoms with Crippen molar-refractivity contribution in [2.45, 2.75) is 38.0 Å². The lowest BCUT2D eigenvalue weighted by atomic mass is 9.96. The number of hydrogen-bond acceptors (Lipinski definition) is 2. The normalized spacial score (nSPS) is 18.8. The van der Waals surface area contributed by atoms with E-state index in [-0.39, 0.29) is 11.4 Å². The first-order chi connectivity index (χ1) is 13.1. The summed E-state index contributed by atoms with van der Waals surface area (Å²) < 4.78 is 0. The van der Waals surface area contributed by atoms with Crippen LogP contribution in [0, 0.1) is 5.92 Å². The summed E-state index contributed by atoms with van der Waals surface area (Å²) in [5.41, 5.74) is 3.54. The summed E-state index contributed by atoms with van der Waals surface area (Å²) in [6, 6.07) is 18.6. The van der Waals surface area contributed by atoms with Crippen molar-refractivity contribution in [2.75, 3.05) is 29.9 Å². The number of rotatable bonds is 5. The van der Waals surface area contributed by atoms with E-state index in [0.29, 0.717) is 6.54 Å². The Morgan fingerprint density at radius 1 is 1.04 bits per heavy atom. The molecule has 4 heteroatoms. The molecule has 4 rings (SSSR count). The molecule has 4 nitrogen and oxygen atoms in total. The van der Waals surface area contributed by atoms with Gasteiger partial charge in [0.05, 0.1) is 0 Å². The van der Waals surface area contributed by atoms with Gasteiger partial charge in [-0.1, -0.05) is 37.3 Å². The van der Waals surface area contributed by atoms with Crippen LogP contribution in [-0.4, -0.2) is 25.7 Å². The first-order valence-electron chi connectivity index (χ1n) is 10.1. The number of benzene rings is 2. The Morgan fingerprint density at radius 2 is 1.70 bits per heavy atom. The highest BCUT2D eigenvalue weighted by molar-refractivity contribution is 5.89. The van der Waals surface area contributed by atoms with Crippen molar-refractivity contribution < 1.29 is 4.79 Å². The minimum Gasteiger partial charge on any atom is -0.372 e. The van der Waals surface area contributed by atoms with Gasteiger partial charge in [0.2, 0.25) is 0 Å². The maximum Gasteiger partial charge on any atom is 0.319 e. The quantitative estimate of drug-likeness (QED) is 0.803. The zero-order valence-electron chi connectivity index (χ0n) is 16.1. The molecule has 142 valence electrons. The van der Waals surface area contributed by atoms with Crippen LogP contribution in [0.15, 0.2) is 54.6 Å². The summed E-state index contributed by atoms with van der Waals surface area (Å²) in [4.78, 5) is 14.7. The van der Waals surface area contributed by atoms with Crippen molar-refractivity contribution in [3.8, 4) is 0 Å². The highest BCUT2D eigenvalue weighted by Gasteiger charge is 2.44. The minimum atomic E-state index is -0.128. The number of urea groups is 1. The summed E-state index contributed by atoms with van der Waals surface area (Å²) in [7, 11) is 0. The molecule has 1 saturated carbocycles. The third-order valence-electron chi connectivity index (χ3n) is 6.10. The Labute approximate surface area is 162 Å². The van der Waals surface area contributed by atoms with Crippen molar-refractivity contribution in [1.82, 2.24) is 5.32 Å². The molecule has 27 heavy (non-hydrogen) atoms. The van der Waals surface area contributed by atoms with Gasteiger partial charge < -0.3 is 15.5 Å². The lowest BCUT2D eigenvalue weighted by Crippen LogP contribution is -2.35. The molecule has 0 radical (unpaired) electrons. The van der Waals surface area contributed by atoms with Crippen LogP contribution in [0.1, 0.15) is 38.2 Å². The van der Waals surface area contributed by atoms with E-state index in [1.807, 2.05) is 18.2 Å². The van der Waals surface area contributed by atoms with E-state index in [4.69, 9.17) is 0 Å². The third-order valence-corrected chi connectivity index (χ3v) is 6.10. The largest absolute Gasteiger partial charge is 0.372 e. The van der Waals surface area contributed by atoms with E-state index in [2.05, 4.69) is 58.9 Å². The van der Waals surface area contributed by atoms with Crippen molar-refractivity contribution in [3.63, 3.8) is 0 Å². The SMILES string of the molecule is CC1CCN(c2ccc(NC(=O)NCC3(c4ccccc4)CC3)cc2)CC1. The molecular formula is C23H29N3O. The number of carbonyl (C=O) groups is 1. The second kappa shape index (κ2) is 7.63. The lowest BCUT2D eigenvalue weighted by Gasteiger charge is -2.32. The first-order valence-corrected chi connectivity index (χ1v) is 10.1.